The van der Waals surface area contributed by atoms with Gasteiger partial charge in [0.25, 0.3) is 5.91 Å². The number of ether oxygens (including phenoxy) is 1. The minimum absolute atomic E-state index is 0.0318. The molecule has 1 saturated heterocycles. The largest absolute Gasteiger partial charge is 0.497 e. The summed E-state index contributed by atoms with van der Waals surface area (Å²) < 4.78 is 5.25. The predicted octanol–water partition coefficient (Wildman–Crippen LogP) is 2.79. The van der Waals surface area contributed by atoms with Crippen LogP contribution in [0, 0.1) is 17.2 Å². The molecule has 2 aliphatic rings. The van der Waals surface area contributed by atoms with Gasteiger partial charge in [0.1, 0.15) is 5.75 Å². The van der Waals surface area contributed by atoms with Gasteiger partial charge in [0, 0.05) is 25.7 Å². The lowest BCUT2D eigenvalue weighted by Crippen LogP contribution is -2.41. The molecule has 0 N–H and O–H groups in total. The minimum atomic E-state index is -0.141. The van der Waals surface area contributed by atoms with Crippen LogP contribution in [0.1, 0.15) is 17.5 Å². The first kappa shape index (κ1) is 17.3. The Hall–Kier alpha value is -3.17. The molecule has 1 fully saturated rings. The number of carbonyl (C=O) groups is 1. The summed E-state index contributed by atoms with van der Waals surface area (Å²) in [7, 11) is 1.61. The number of methoxy groups -OCH3 is 1. The van der Waals surface area contributed by atoms with Gasteiger partial charge in [-0.25, -0.2) is 5.01 Å². The highest BCUT2D eigenvalue weighted by Gasteiger charge is 2.39. The number of rotatable bonds is 4. The lowest BCUT2D eigenvalue weighted by atomic mass is 9.94. The highest BCUT2D eigenvalue weighted by atomic mass is 16.5. The Labute approximate surface area is 158 Å². The number of nitrogens with zero attached hydrogens (tertiary/aromatic N) is 4. The lowest BCUT2D eigenvalue weighted by Gasteiger charge is -2.29. The van der Waals surface area contributed by atoms with Gasteiger partial charge in [-0.2, -0.15) is 10.4 Å². The van der Waals surface area contributed by atoms with Crippen LogP contribution in [0.25, 0.3) is 0 Å². The van der Waals surface area contributed by atoms with Crippen LogP contribution in [0.3, 0.4) is 0 Å². The summed E-state index contributed by atoms with van der Waals surface area (Å²) in [5.41, 5.74) is 3.40. The average molecular weight is 360 g/mol. The van der Waals surface area contributed by atoms with Crippen LogP contribution >= 0.6 is 0 Å². The Kier molecular flexibility index (Phi) is 4.61. The van der Waals surface area contributed by atoms with E-state index in [1.54, 1.807) is 7.11 Å². The van der Waals surface area contributed by atoms with E-state index in [1.807, 2.05) is 48.5 Å². The number of likely N-dealkylation sites (tertiary alicyclic amines) is 1. The van der Waals surface area contributed by atoms with Crippen molar-refractivity contribution < 1.29 is 9.53 Å². The molecule has 1 atom stereocenters. The quantitative estimate of drug-likeness (QED) is 0.841. The highest BCUT2D eigenvalue weighted by Crippen LogP contribution is 2.30. The van der Waals surface area contributed by atoms with Gasteiger partial charge in [0.05, 0.1) is 36.1 Å². The van der Waals surface area contributed by atoms with Crippen molar-refractivity contribution in [3.63, 3.8) is 0 Å². The summed E-state index contributed by atoms with van der Waals surface area (Å²) in [5.74, 6) is 0.594. The van der Waals surface area contributed by atoms with Gasteiger partial charge in [-0.1, -0.05) is 18.2 Å². The van der Waals surface area contributed by atoms with Gasteiger partial charge >= 0.3 is 0 Å². The molecular formula is C21H20N4O2. The molecule has 0 aliphatic carbocycles. The fourth-order valence-electron chi connectivity index (χ4n) is 3.65. The summed E-state index contributed by atoms with van der Waals surface area (Å²) in [5, 5.41) is 15.2. The number of hydrogen-bond donors (Lipinski definition) is 0. The number of hydrogen-bond acceptors (Lipinski definition) is 5. The van der Waals surface area contributed by atoms with Gasteiger partial charge in [-0.05, 0) is 36.2 Å². The molecule has 0 radical (unpaired) electrons. The number of piperidine rings is 1. The summed E-state index contributed by atoms with van der Waals surface area (Å²) in [6.07, 6.45) is 0.760. The third-order valence-electron chi connectivity index (χ3n) is 5.02. The number of hydrazone groups is 1. The normalized spacial score (nSPS) is 19.4. The Morgan fingerprint density at radius 1 is 1.26 bits per heavy atom. The molecule has 2 heterocycles. The summed E-state index contributed by atoms with van der Waals surface area (Å²) in [6, 6.07) is 17.2. The molecule has 1 unspecified atom stereocenters. The van der Waals surface area contributed by atoms with Crippen molar-refractivity contribution in [2.75, 3.05) is 25.2 Å². The number of fused-ring (bicyclic) bond motifs is 1. The van der Waals surface area contributed by atoms with Gasteiger partial charge in [-0.3, -0.25) is 9.69 Å². The van der Waals surface area contributed by atoms with Crippen LogP contribution in [0.15, 0.2) is 53.6 Å². The zero-order chi connectivity index (χ0) is 18.8. The van der Waals surface area contributed by atoms with Crippen LogP contribution < -0.4 is 9.75 Å². The molecule has 2 aromatic rings. The number of benzene rings is 2. The van der Waals surface area contributed by atoms with E-state index >= 15 is 0 Å². The van der Waals surface area contributed by atoms with Crippen LogP contribution in [0.2, 0.25) is 0 Å². The second-order valence-corrected chi connectivity index (χ2v) is 6.81. The lowest BCUT2D eigenvalue weighted by molar-refractivity contribution is -0.120. The van der Waals surface area contributed by atoms with E-state index in [9.17, 15) is 4.79 Å². The average Bonchev–Trinajstić information content (AvgIpc) is 3.04. The molecule has 1 amide bonds. The maximum atomic E-state index is 12.8. The first-order valence-corrected chi connectivity index (χ1v) is 8.95. The summed E-state index contributed by atoms with van der Waals surface area (Å²) in [4.78, 5) is 15.1. The van der Waals surface area contributed by atoms with Crippen molar-refractivity contribution in [1.82, 2.24) is 4.90 Å². The van der Waals surface area contributed by atoms with Crippen molar-refractivity contribution in [2.45, 2.75) is 13.0 Å². The van der Waals surface area contributed by atoms with Crippen LogP contribution in [0.4, 0.5) is 5.69 Å². The molecule has 4 rings (SSSR count). The zero-order valence-corrected chi connectivity index (χ0v) is 15.1. The topological polar surface area (TPSA) is 68.9 Å². The fourth-order valence-corrected chi connectivity index (χ4v) is 3.65. The Morgan fingerprint density at radius 3 is 2.93 bits per heavy atom. The van der Waals surface area contributed by atoms with E-state index in [-0.39, 0.29) is 11.8 Å². The van der Waals surface area contributed by atoms with Crippen LogP contribution in [0.5, 0.6) is 5.75 Å². The van der Waals surface area contributed by atoms with Crippen LogP contribution in [-0.4, -0.2) is 36.7 Å². The summed E-state index contributed by atoms with van der Waals surface area (Å²) >= 11 is 0. The molecule has 6 heteroatoms. The summed E-state index contributed by atoms with van der Waals surface area (Å²) in [6.45, 7) is 2.24. The molecule has 2 aliphatic heterocycles. The van der Waals surface area contributed by atoms with Gasteiger partial charge in [-0.15, -0.1) is 0 Å². The fraction of sp³-hybridized carbons (Fsp3) is 0.286. The van der Waals surface area contributed by atoms with Gasteiger partial charge in [0.2, 0.25) is 0 Å². The number of nitriles is 1. The number of anilines is 1. The van der Waals surface area contributed by atoms with E-state index in [2.05, 4.69) is 16.1 Å². The molecule has 2 aromatic carbocycles. The highest BCUT2D eigenvalue weighted by molar-refractivity contribution is 6.16. The van der Waals surface area contributed by atoms with Crippen molar-refractivity contribution in [3.05, 3.63) is 59.7 Å². The second-order valence-electron chi connectivity index (χ2n) is 6.81. The minimum Gasteiger partial charge on any atom is -0.497 e. The van der Waals surface area contributed by atoms with E-state index in [0.717, 1.165) is 36.5 Å². The number of carbonyl (C=O) groups excluding carboxylic acids is 1. The SMILES string of the molecule is COc1cccc(N2N=C3CN(Cc4cccc(C#N)c4)CCC3C2=O)c1. The third kappa shape index (κ3) is 3.42. The van der Waals surface area contributed by atoms with Gasteiger partial charge < -0.3 is 4.74 Å². The maximum absolute atomic E-state index is 12.8. The molecule has 0 bridgehead atoms. The van der Waals surface area contributed by atoms with E-state index in [0.29, 0.717) is 17.9 Å². The monoisotopic (exact) mass is 360 g/mol. The molecule has 0 spiro atoms. The maximum Gasteiger partial charge on any atom is 0.256 e. The van der Waals surface area contributed by atoms with Crippen molar-refractivity contribution in [2.24, 2.45) is 11.0 Å². The van der Waals surface area contributed by atoms with Crippen molar-refractivity contribution in [1.29, 1.82) is 5.26 Å². The second kappa shape index (κ2) is 7.22. The first-order chi connectivity index (χ1) is 13.2. The van der Waals surface area contributed by atoms with E-state index in [1.165, 1.54) is 5.01 Å². The Morgan fingerprint density at radius 2 is 2.11 bits per heavy atom. The molecule has 0 saturated carbocycles. The molecule has 0 aromatic heterocycles. The Bertz CT molecular complexity index is 947. The van der Waals surface area contributed by atoms with Crippen molar-refractivity contribution >= 4 is 17.3 Å². The first-order valence-electron chi connectivity index (χ1n) is 8.95. The predicted molar refractivity (Wildman–Crippen MR) is 102 cm³/mol. The smallest absolute Gasteiger partial charge is 0.256 e. The molecule has 27 heavy (non-hydrogen) atoms. The number of amides is 1. The van der Waals surface area contributed by atoms with Crippen molar-refractivity contribution in [3.8, 4) is 11.8 Å². The molecule has 6 nitrogen and oxygen atoms in total. The Balaban J connectivity index is 1.51. The van der Waals surface area contributed by atoms with Gasteiger partial charge in [0.15, 0.2) is 0 Å². The zero-order valence-electron chi connectivity index (χ0n) is 15.1. The van der Waals surface area contributed by atoms with E-state index < -0.39 is 0 Å². The standard InChI is InChI=1S/C21H20N4O2/c1-27-18-7-3-6-17(11-18)25-21(26)19-8-9-24(14-20(19)23-25)13-16-5-2-4-15(10-16)12-22/h2-7,10-11,19H,8-9,13-14H2,1H3. The molecule has 136 valence electrons. The van der Waals surface area contributed by atoms with Crippen LogP contribution in [-0.2, 0) is 11.3 Å². The third-order valence-corrected chi connectivity index (χ3v) is 5.02. The molecular weight excluding hydrogens is 340 g/mol. The van der Waals surface area contributed by atoms with E-state index in [4.69, 9.17) is 10.00 Å².